The van der Waals surface area contributed by atoms with Crippen LogP contribution in [0.1, 0.15) is 11.1 Å². The minimum absolute atomic E-state index is 0.176. The second-order valence-corrected chi connectivity index (χ2v) is 3.93. The lowest BCUT2D eigenvalue weighted by Gasteiger charge is -2.12. The average molecular weight is 229 g/mol. The van der Waals surface area contributed by atoms with Crippen LogP contribution in [0.3, 0.4) is 0 Å². The van der Waals surface area contributed by atoms with Gasteiger partial charge in [-0.15, -0.1) is 0 Å². The van der Waals surface area contributed by atoms with Crippen molar-refractivity contribution in [3.63, 3.8) is 0 Å². The normalized spacial score (nSPS) is 10.2. The van der Waals surface area contributed by atoms with Gasteiger partial charge in [0.15, 0.2) is 0 Å². The molecule has 2 N–H and O–H groups in total. The van der Waals surface area contributed by atoms with E-state index in [4.69, 9.17) is 5.26 Å². The van der Waals surface area contributed by atoms with Crippen LogP contribution in [0.15, 0.2) is 48.5 Å². The van der Waals surface area contributed by atoms with Gasteiger partial charge in [0.1, 0.15) is 6.61 Å². The number of aryl methyl sites for hydroxylation is 1. The van der Waals surface area contributed by atoms with Crippen LogP contribution >= 0.6 is 0 Å². The van der Waals surface area contributed by atoms with Crippen LogP contribution in [-0.4, -0.2) is 5.26 Å². The Morgan fingerprint density at radius 2 is 1.88 bits per heavy atom. The smallest absolute Gasteiger partial charge is 0.109 e. The third-order valence-corrected chi connectivity index (χ3v) is 2.54. The predicted molar refractivity (Wildman–Crippen MR) is 68.3 cm³/mol. The molecular weight excluding hydrogens is 214 g/mol. The van der Waals surface area contributed by atoms with E-state index in [9.17, 15) is 0 Å². The van der Waals surface area contributed by atoms with Crippen molar-refractivity contribution < 1.29 is 10.1 Å². The fourth-order valence-electron chi connectivity index (χ4n) is 1.68. The Hall–Kier alpha value is -1.84. The van der Waals surface area contributed by atoms with Crippen LogP contribution < -0.4 is 5.32 Å². The van der Waals surface area contributed by atoms with Crippen molar-refractivity contribution in [1.82, 2.24) is 0 Å². The summed E-state index contributed by atoms with van der Waals surface area (Å²) in [7, 11) is 0. The van der Waals surface area contributed by atoms with E-state index in [1.54, 1.807) is 0 Å². The van der Waals surface area contributed by atoms with E-state index in [1.807, 2.05) is 55.5 Å². The highest BCUT2D eigenvalue weighted by Gasteiger charge is 2.03. The monoisotopic (exact) mass is 229 g/mol. The SMILES string of the molecule is Cc1ccc(COO)c(Nc2ccccc2)c1. The molecule has 0 heterocycles. The van der Waals surface area contributed by atoms with Crippen molar-refractivity contribution in [2.45, 2.75) is 13.5 Å². The molecule has 0 aliphatic heterocycles. The summed E-state index contributed by atoms with van der Waals surface area (Å²) in [6.07, 6.45) is 0. The van der Waals surface area contributed by atoms with Crippen molar-refractivity contribution in [2.75, 3.05) is 5.32 Å². The molecule has 0 fully saturated rings. The molecule has 17 heavy (non-hydrogen) atoms. The number of para-hydroxylation sites is 1. The van der Waals surface area contributed by atoms with Crippen molar-refractivity contribution >= 4 is 11.4 Å². The molecule has 0 saturated heterocycles. The summed E-state index contributed by atoms with van der Waals surface area (Å²) in [6.45, 7) is 2.20. The lowest BCUT2D eigenvalue weighted by atomic mass is 10.1. The quantitative estimate of drug-likeness (QED) is 0.620. The lowest BCUT2D eigenvalue weighted by molar-refractivity contribution is -0.252. The van der Waals surface area contributed by atoms with Gasteiger partial charge in [0.25, 0.3) is 0 Å². The van der Waals surface area contributed by atoms with E-state index >= 15 is 0 Å². The molecule has 0 radical (unpaired) electrons. The highest BCUT2D eigenvalue weighted by atomic mass is 17.1. The third kappa shape index (κ3) is 3.06. The first-order chi connectivity index (χ1) is 8.29. The van der Waals surface area contributed by atoms with Gasteiger partial charge in [-0.25, -0.2) is 4.89 Å². The van der Waals surface area contributed by atoms with Gasteiger partial charge in [-0.1, -0.05) is 30.3 Å². The molecule has 0 aromatic heterocycles. The van der Waals surface area contributed by atoms with Gasteiger partial charge < -0.3 is 5.32 Å². The first kappa shape index (κ1) is 11.6. The molecule has 88 valence electrons. The van der Waals surface area contributed by atoms with Crippen molar-refractivity contribution in [2.24, 2.45) is 0 Å². The van der Waals surface area contributed by atoms with E-state index in [0.717, 1.165) is 22.5 Å². The fraction of sp³-hybridized carbons (Fsp3) is 0.143. The summed E-state index contributed by atoms with van der Waals surface area (Å²) in [5.74, 6) is 0. The zero-order chi connectivity index (χ0) is 12.1. The maximum Gasteiger partial charge on any atom is 0.109 e. The Morgan fingerprint density at radius 3 is 2.59 bits per heavy atom. The predicted octanol–water partition coefficient (Wildman–Crippen LogP) is 3.73. The number of hydrogen-bond donors (Lipinski definition) is 2. The molecule has 0 aliphatic carbocycles. The van der Waals surface area contributed by atoms with Gasteiger partial charge in [-0.3, -0.25) is 5.26 Å². The molecule has 0 saturated carbocycles. The summed E-state index contributed by atoms with van der Waals surface area (Å²) in [5.41, 5.74) is 4.04. The zero-order valence-electron chi connectivity index (χ0n) is 9.68. The van der Waals surface area contributed by atoms with Crippen LogP contribution in [0, 0.1) is 6.92 Å². The van der Waals surface area contributed by atoms with Crippen molar-refractivity contribution in [1.29, 1.82) is 0 Å². The molecule has 2 aromatic carbocycles. The van der Waals surface area contributed by atoms with Gasteiger partial charge in [-0.2, -0.15) is 0 Å². The van der Waals surface area contributed by atoms with Crippen LogP contribution in [0.4, 0.5) is 11.4 Å². The summed E-state index contributed by atoms with van der Waals surface area (Å²) >= 11 is 0. The molecular formula is C14H15NO2. The minimum atomic E-state index is 0.176. The number of nitrogens with one attached hydrogen (secondary N) is 1. The molecule has 0 amide bonds. The van der Waals surface area contributed by atoms with Crippen molar-refractivity contribution in [3.8, 4) is 0 Å². The molecule has 0 spiro atoms. The first-order valence-electron chi connectivity index (χ1n) is 5.47. The van der Waals surface area contributed by atoms with Gasteiger partial charge >= 0.3 is 0 Å². The molecule has 2 rings (SSSR count). The standard InChI is InChI=1S/C14H15NO2/c1-11-7-8-12(10-17-16)14(9-11)15-13-5-3-2-4-6-13/h2-9,15-16H,10H2,1H3. The second-order valence-electron chi connectivity index (χ2n) is 3.93. The molecule has 0 bridgehead atoms. The van der Waals surface area contributed by atoms with E-state index in [-0.39, 0.29) is 6.61 Å². The van der Waals surface area contributed by atoms with Gasteiger partial charge in [0.2, 0.25) is 0 Å². The fourth-order valence-corrected chi connectivity index (χ4v) is 1.68. The Morgan fingerprint density at radius 1 is 1.12 bits per heavy atom. The largest absolute Gasteiger partial charge is 0.355 e. The molecule has 2 aromatic rings. The van der Waals surface area contributed by atoms with Crippen LogP contribution in [0.2, 0.25) is 0 Å². The molecule has 0 aliphatic rings. The Kier molecular flexibility index (Phi) is 3.75. The number of rotatable bonds is 4. The highest BCUT2D eigenvalue weighted by Crippen LogP contribution is 2.22. The maximum absolute atomic E-state index is 8.55. The third-order valence-electron chi connectivity index (χ3n) is 2.54. The number of hydrogen-bond acceptors (Lipinski definition) is 3. The molecule has 3 heteroatoms. The maximum atomic E-state index is 8.55. The van der Waals surface area contributed by atoms with Gasteiger partial charge in [0.05, 0.1) is 0 Å². The number of benzene rings is 2. The average Bonchev–Trinajstić information content (AvgIpc) is 2.34. The molecule has 3 nitrogen and oxygen atoms in total. The zero-order valence-corrected chi connectivity index (χ0v) is 9.68. The Balaban J connectivity index is 2.27. The van der Waals surface area contributed by atoms with E-state index in [2.05, 4.69) is 10.2 Å². The Bertz CT molecular complexity index is 483. The van der Waals surface area contributed by atoms with Crippen LogP contribution in [0.5, 0.6) is 0 Å². The topological polar surface area (TPSA) is 41.5 Å². The lowest BCUT2D eigenvalue weighted by Crippen LogP contribution is -1.98. The van der Waals surface area contributed by atoms with E-state index in [0.29, 0.717) is 0 Å². The number of anilines is 2. The summed E-state index contributed by atoms with van der Waals surface area (Å²) < 4.78 is 0. The Labute approximate surface area is 101 Å². The summed E-state index contributed by atoms with van der Waals surface area (Å²) in [5, 5.41) is 11.9. The molecule has 0 atom stereocenters. The molecule has 0 unspecified atom stereocenters. The van der Waals surface area contributed by atoms with Crippen molar-refractivity contribution in [3.05, 3.63) is 59.7 Å². The first-order valence-corrected chi connectivity index (χ1v) is 5.47. The van der Waals surface area contributed by atoms with Gasteiger partial charge in [0, 0.05) is 16.9 Å². The summed E-state index contributed by atoms with van der Waals surface area (Å²) in [4.78, 5) is 4.21. The van der Waals surface area contributed by atoms with Crippen LogP contribution in [0.25, 0.3) is 0 Å². The van der Waals surface area contributed by atoms with Gasteiger partial charge in [-0.05, 0) is 30.7 Å². The minimum Gasteiger partial charge on any atom is -0.355 e. The van der Waals surface area contributed by atoms with E-state index in [1.165, 1.54) is 0 Å². The highest BCUT2D eigenvalue weighted by molar-refractivity contribution is 5.63. The van der Waals surface area contributed by atoms with E-state index < -0.39 is 0 Å². The summed E-state index contributed by atoms with van der Waals surface area (Å²) in [6, 6.07) is 15.9. The van der Waals surface area contributed by atoms with Crippen LogP contribution in [-0.2, 0) is 11.5 Å². The second kappa shape index (κ2) is 5.48.